The lowest BCUT2D eigenvalue weighted by molar-refractivity contribution is 1.54. The Kier molecular flexibility index (Phi) is 2.25. The number of hydrogen-bond acceptors (Lipinski definition) is 2. The molecule has 0 radical (unpaired) electrons. The zero-order valence-electron chi connectivity index (χ0n) is 5.84. The fourth-order valence-electron chi connectivity index (χ4n) is 1.05. The van der Waals surface area contributed by atoms with Gasteiger partial charge in [0.2, 0.25) is 0 Å². The highest BCUT2D eigenvalue weighted by molar-refractivity contribution is 7.80. The van der Waals surface area contributed by atoms with Crippen LogP contribution in [0.2, 0.25) is 9.36 Å². The van der Waals surface area contributed by atoms with Crippen molar-refractivity contribution in [2.24, 2.45) is 0 Å². The molecule has 0 atom stereocenters. The maximum atomic E-state index is 5.97. The average molecular weight is 235 g/mol. The van der Waals surface area contributed by atoms with Gasteiger partial charge in [-0.3, -0.25) is 0 Å². The van der Waals surface area contributed by atoms with Gasteiger partial charge in [-0.1, -0.05) is 23.2 Å². The molecule has 4 heteroatoms. The molecule has 1 aromatic heterocycles. The molecule has 0 fully saturated rings. The molecule has 0 nitrogen and oxygen atoms in total. The SMILES string of the molecule is Sc1cc(Cl)c2cc(Cl)sc2c1. The second-order valence-electron chi connectivity index (χ2n) is 2.39. The van der Waals surface area contributed by atoms with Gasteiger partial charge in [-0.05, 0) is 18.2 Å². The normalized spacial score (nSPS) is 10.9. The predicted molar refractivity (Wildman–Crippen MR) is 59.1 cm³/mol. The summed E-state index contributed by atoms with van der Waals surface area (Å²) in [4.78, 5) is 0.867. The van der Waals surface area contributed by atoms with Crippen molar-refractivity contribution in [3.05, 3.63) is 27.6 Å². The van der Waals surface area contributed by atoms with Crippen LogP contribution in [0.25, 0.3) is 10.1 Å². The molecular weight excluding hydrogens is 231 g/mol. The van der Waals surface area contributed by atoms with E-state index < -0.39 is 0 Å². The first-order chi connectivity index (χ1) is 5.66. The Bertz CT molecular complexity index is 434. The number of benzene rings is 1. The second kappa shape index (κ2) is 3.11. The number of thiophene rings is 1. The number of thiol groups is 1. The van der Waals surface area contributed by atoms with Crippen molar-refractivity contribution < 1.29 is 0 Å². The molecule has 0 amide bonds. The average Bonchev–Trinajstić information content (AvgIpc) is 2.29. The van der Waals surface area contributed by atoms with Crippen molar-refractivity contribution in [2.45, 2.75) is 4.90 Å². The van der Waals surface area contributed by atoms with Crippen molar-refractivity contribution in [1.82, 2.24) is 0 Å². The fraction of sp³-hybridized carbons (Fsp3) is 0. The summed E-state index contributed by atoms with van der Waals surface area (Å²) in [5, 5.41) is 1.71. The number of hydrogen-bond donors (Lipinski definition) is 1. The molecule has 2 rings (SSSR count). The van der Waals surface area contributed by atoms with Crippen LogP contribution in [0.1, 0.15) is 0 Å². The lowest BCUT2D eigenvalue weighted by Gasteiger charge is -1.94. The van der Waals surface area contributed by atoms with E-state index in [0.29, 0.717) is 5.02 Å². The number of rotatable bonds is 0. The molecule has 0 aliphatic carbocycles. The van der Waals surface area contributed by atoms with Crippen LogP contribution in [0, 0.1) is 0 Å². The highest BCUT2D eigenvalue weighted by Crippen LogP contribution is 2.35. The first-order valence-corrected chi connectivity index (χ1v) is 5.26. The third-order valence-electron chi connectivity index (χ3n) is 1.54. The van der Waals surface area contributed by atoms with Crippen LogP contribution in [0.15, 0.2) is 23.1 Å². The highest BCUT2D eigenvalue weighted by Gasteiger charge is 2.04. The maximum Gasteiger partial charge on any atom is 0.0941 e. The van der Waals surface area contributed by atoms with Crippen molar-refractivity contribution in [2.75, 3.05) is 0 Å². The van der Waals surface area contributed by atoms with Gasteiger partial charge in [0.25, 0.3) is 0 Å². The molecule has 12 heavy (non-hydrogen) atoms. The molecule has 2 aromatic rings. The Morgan fingerprint density at radius 1 is 1.17 bits per heavy atom. The first-order valence-electron chi connectivity index (χ1n) is 3.24. The maximum absolute atomic E-state index is 5.97. The van der Waals surface area contributed by atoms with Crippen LogP contribution >= 0.6 is 47.2 Å². The van der Waals surface area contributed by atoms with Crippen LogP contribution in [-0.2, 0) is 0 Å². The molecule has 0 aliphatic heterocycles. The molecule has 1 aromatic carbocycles. The Labute approximate surface area is 89.5 Å². The van der Waals surface area contributed by atoms with Gasteiger partial charge in [0.05, 0.1) is 9.36 Å². The quantitative estimate of drug-likeness (QED) is 0.638. The topological polar surface area (TPSA) is 0 Å². The molecule has 0 saturated carbocycles. The molecule has 0 spiro atoms. The molecular formula is C8H4Cl2S2. The minimum Gasteiger partial charge on any atom is -0.143 e. The van der Waals surface area contributed by atoms with Crippen LogP contribution in [0.3, 0.4) is 0 Å². The lowest BCUT2D eigenvalue weighted by atomic mass is 10.3. The summed E-state index contributed by atoms with van der Waals surface area (Å²) >= 11 is 17.5. The third-order valence-corrected chi connectivity index (χ3v) is 3.32. The minimum absolute atomic E-state index is 0.709. The third kappa shape index (κ3) is 1.44. The van der Waals surface area contributed by atoms with E-state index in [-0.39, 0.29) is 0 Å². The van der Waals surface area contributed by atoms with Gasteiger partial charge in [0, 0.05) is 15.0 Å². The Balaban J connectivity index is 2.88. The molecule has 1 heterocycles. The number of fused-ring (bicyclic) bond motifs is 1. The van der Waals surface area contributed by atoms with E-state index in [1.54, 1.807) is 0 Å². The van der Waals surface area contributed by atoms with Crippen molar-refractivity contribution in [3.63, 3.8) is 0 Å². The van der Waals surface area contributed by atoms with Gasteiger partial charge in [0.15, 0.2) is 0 Å². The molecule has 62 valence electrons. The molecule has 0 aliphatic rings. The molecule has 0 N–H and O–H groups in total. The van der Waals surface area contributed by atoms with Crippen molar-refractivity contribution in [3.8, 4) is 0 Å². The second-order valence-corrected chi connectivity index (χ2v) is 5.03. The van der Waals surface area contributed by atoms with E-state index in [2.05, 4.69) is 12.6 Å². The lowest BCUT2D eigenvalue weighted by Crippen LogP contribution is -1.67. The zero-order chi connectivity index (χ0) is 8.72. The Morgan fingerprint density at radius 2 is 1.92 bits per heavy atom. The largest absolute Gasteiger partial charge is 0.143 e. The van der Waals surface area contributed by atoms with Gasteiger partial charge in [-0.25, -0.2) is 0 Å². The minimum atomic E-state index is 0.709. The van der Waals surface area contributed by atoms with Crippen molar-refractivity contribution in [1.29, 1.82) is 0 Å². The van der Waals surface area contributed by atoms with Crippen LogP contribution in [0.4, 0.5) is 0 Å². The van der Waals surface area contributed by atoms with Gasteiger partial charge in [0.1, 0.15) is 0 Å². The molecule has 0 bridgehead atoms. The standard InChI is InChI=1S/C8H4Cl2S2/c9-6-1-4(11)2-7-5(6)3-8(10)12-7/h1-3,11H. The smallest absolute Gasteiger partial charge is 0.0941 e. The summed E-state index contributed by atoms with van der Waals surface area (Å²) in [6.45, 7) is 0. The predicted octanol–water partition coefficient (Wildman–Crippen LogP) is 4.50. The van der Waals surface area contributed by atoms with E-state index in [1.165, 1.54) is 11.3 Å². The highest BCUT2D eigenvalue weighted by atomic mass is 35.5. The first kappa shape index (κ1) is 8.70. The van der Waals surface area contributed by atoms with Crippen LogP contribution in [0.5, 0.6) is 0 Å². The molecule has 0 unspecified atom stereocenters. The summed E-state index contributed by atoms with van der Waals surface area (Å²) < 4.78 is 1.84. The van der Waals surface area contributed by atoms with Gasteiger partial charge < -0.3 is 0 Å². The van der Waals surface area contributed by atoms with E-state index in [1.807, 2.05) is 18.2 Å². The number of halogens is 2. The summed E-state index contributed by atoms with van der Waals surface area (Å²) in [6, 6.07) is 5.65. The van der Waals surface area contributed by atoms with Gasteiger partial charge in [-0.15, -0.1) is 24.0 Å². The van der Waals surface area contributed by atoms with E-state index in [0.717, 1.165) is 19.3 Å². The Hall–Kier alpha value is 0.110. The molecule has 0 saturated heterocycles. The monoisotopic (exact) mass is 234 g/mol. The fourth-order valence-corrected chi connectivity index (χ4v) is 3.01. The van der Waals surface area contributed by atoms with Crippen molar-refractivity contribution >= 4 is 57.3 Å². The van der Waals surface area contributed by atoms with Gasteiger partial charge >= 0.3 is 0 Å². The van der Waals surface area contributed by atoms with E-state index in [4.69, 9.17) is 23.2 Å². The van der Waals surface area contributed by atoms with E-state index in [9.17, 15) is 0 Å². The summed E-state index contributed by atoms with van der Waals surface area (Å²) in [7, 11) is 0. The summed E-state index contributed by atoms with van der Waals surface area (Å²) in [5.74, 6) is 0. The van der Waals surface area contributed by atoms with Crippen LogP contribution < -0.4 is 0 Å². The Morgan fingerprint density at radius 3 is 2.67 bits per heavy atom. The van der Waals surface area contributed by atoms with E-state index >= 15 is 0 Å². The summed E-state index contributed by atoms with van der Waals surface area (Å²) in [5.41, 5.74) is 0. The summed E-state index contributed by atoms with van der Waals surface area (Å²) in [6.07, 6.45) is 0. The van der Waals surface area contributed by atoms with Crippen LogP contribution in [-0.4, -0.2) is 0 Å². The van der Waals surface area contributed by atoms with Gasteiger partial charge in [-0.2, -0.15) is 0 Å². The zero-order valence-corrected chi connectivity index (χ0v) is 9.07.